The molecule has 0 aliphatic carbocycles. The summed E-state index contributed by atoms with van der Waals surface area (Å²) in [5.41, 5.74) is 1.12. The van der Waals surface area contributed by atoms with E-state index < -0.39 is 18.5 Å². The van der Waals surface area contributed by atoms with Gasteiger partial charge in [0.2, 0.25) is 0 Å². The number of benzene rings is 2. The highest BCUT2D eigenvalue weighted by Gasteiger charge is 2.18. The number of hydrogen-bond donors (Lipinski definition) is 1. The van der Waals surface area contributed by atoms with Crippen molar-refractivity contribution in [3.8, 4) is 23.0 Å². The van der Waals surface area contributed by atoms with E-state index in [1.165, 1.54) is 13.2 Å². The normalized spacial score (nSPS) is 13.2. The molecule has 1 aliphatic rings. The Morgan fingerprint density at radius 1 is 1.07 bits per heavy atom. The van der Waals surface area contributed by atoms with Gasteiger partial charge in [0, 0.05) is 0 Å². The van der Waals surface area contributed by atoms with E-state index in [1.54, 1.807) is 12.1 Å². The monoisotopic (exact) mass is 415 g/mol. The first-order valence-corrected chi connectivity index (χ1v) is 9.68. The number of esters is 1. The molecule has 2 aromatic rings. The van der Waals surface area contributed by atoms with Crippen LogP contribution in [0.25, 0.3) is 0 Å². The van der Waals surface area contributed by atoms with E-state index in [1.807, 2.05) is 32.0 Å². The van der Waals surface area contributed by atoms with E-state index in [0.717, 1.165) is 5.56 Å². The van der Waals surface area contributed by atoms with Crippen molar-refractivity contribution in [2.24, 2.45) is 0 Å². The van der Waals surface area contributed by atoms with Crippen molar-refractivity contribution < 1.29 is 33.3 Å². The lowest BCUT2D eigenvalue weighted by Gasteiger charge is -2.21. The second-order valence-electron chi connectivity index (χ2n) is 6.57. The van der Waals surface area contributed by atoms with Crippen molar-refractivity contribution in [3.05, 3.63) is 47.5 Å². The topological polar surface area (TPSA) is 92.3 Å². The van der Waals surface area contributed by atoms with Gasteiger partial charge in [-0.05, 0) is 49.7 Å². The number of methoxy groups -OCH3 is 1. The fraction of sp³-hybridized carbons (Fsp3) is 0.364. The summed E-state index contributed by atoms with van der Waals surface area (Å²) in [6, 6.07) is 9.91. The van der Waals surface area contributed by atoms with Crippen LogP contribution in [0, 0.1) is 0 Å². The summed E-state index contributed by atoms with van der Waals surface area (Å²) in [4.78, 5) is 24.5. The van der Waals surface area contributed by atoms with E-state index in [2.05, 4.69) is 5.32 Å². The van der Waals surface area contributed by atoms with Gasteiger partial charge in [-0.2, -0.15) is 0 Å². The van der Waals surface area contributed by atoms with Crippen LogP contribution in [0.3, 0.4) is 0 Å². The molecule has 160 valence electrons. The van der Waals surface area contributed by atoms with E-state index in [-0.39, 0.29) is 11.6 Å². The van der Waals surface area contributed by atoms with E-state index in [4.69, 9.17) is 23.7 Å². The molecule has 0 bridgehead atoms. The lowest BCUT2D eigenvalue weighted by molar-refractivity contribution is -0.124. The molecule has 1 N–H and O–H groups in total. The Kier molecular flexibility index (Phi) is 7.00. The summed E-state index contributed by atoms with van der Waals surface area (Å²) in [6.07, 6.45) is 0. The van der Waals surface area contributed by atoms with Gasteiger partial charge in [-0.15, -0.1) is 0 Å². The van der Waals surface area contributed by atoms with Crippen LogP contribution >= 0.6 is 0 Å². The zero-order valence-electron chi connectivity index (χ0n) is 17.2. The molecule has 0 saturated carbocycles. The number of ether oxygens (including phenoxy) is 5. The van der Waals surface area contributed by atoms with Crippen molar-refractivity contribution in [1.29, 1.82) is 0 Å². The third-order valence-corrected chi connectivity index (χ3v) is 4.48. The van der Waals surface area contributed by atoms with Gasteiger partial charge in [0.15, 0.2) is 29.6 Å². The Bertz CT molecular complexity index is 912. The summed E-state index contributed by atoms with van der Waals surface area (Å²) in [6.45, 7) is 4.77. The molecule has 30 heavy (non-hydrogen) atoms. The SMILES string of the molecule is CCOc1ccc(C(=O)OCC(=O)NC(C)c2ccc3c(c2)OCCO3)cc1OC. The first-order chi connectivity index (χ1) is 14.5. The molecule has 2 aromatic carbocycles. The van der Waals surface area contributed by atoms with Crippen molar-refractivity contribution in [3.63, 3.8) is 0 Å². The highest BCUT2D eigenvalue weighted by atomic mass is 16.6. The van der Waals surface area contributed by atoms with Crippen molar-refractivity contribution in [2.75, 3.05) is 33.5 Å². The molecule has 1 heterocycles. The minimum absolute atomic E-state index is 0.267. The maximum Gasteiger partial charge on any atom is 0.338 e. The molecule has 8 heteroatoms. The Balaban J connectivity index is 1.54. The number of rotatable bonds is 8. The number of nitrogens with one attached hydrogen (secondary N) is 1. The average molecular weight is 415 g/mol. The molecular weight excluding hydrogens is 390 g/mol. The first-order valence-electron chi connectivity index (χ1n) is 9.68. The van der Waals surface area contributed by atoms with Gasteiger partial charge in [0.25, 0.3) is 5.91 Å². The summed E-state index contributed by atoms with van der Waals surface area (Å²) >= 11 is 0. The summed E-state index contributed by atoms with van der Waals surface area (Å²) < 4.78 is 26.8. The minimum atomic E-state index is -0.626. The van der Waals surface area contributed by atoms with E-state index >= 15 is 0 Å². The number of carbonyl (C=O) groups is 2. The second kappa shape index (κ2) is 9.87. The minimum Gasteiger partial charge on any atom is -0.493 e. The molecule has 0 aromatic heterocycles. The Labute approximate surface area is 175 Å². The molecule has 0 saturated heterocycles. The van der Waals surface area contributed by atoms with Crippen LogP contribution in [0.2, 0.25) is 0 Å². The van der Waals surface area contributed by atoms with Crippen molar-refractivity contribution in [2.45, 2.75) is 19.9 Å². The van der Waals surface area contributed by atoms with Crippen LogP contribution in [0.5, 0.6) is 23.0 Å². The van der Waals surface area contributed by atoms with Crippen LogP contribution < -0.4 is 24.3 Å². The molecule has 0 fully saturated rings. The zero-order chi connectivity index (χ0) is 21.5. The van der Waals surface area contributed by atoms with Gasteiger partial charge in [-0.25, -0.2) is 4.79 Å². The Hall–Kier alpha value is -3.42. The predicted octanol–water partition coefficient (Wildman–Crippen LogP) is 2.90. The average Bonchev–Trinajstić information content (AvgIpc) is 2.77. The summed E-state index contributed by atoms with van der Waals surface area (Å²) in [5.74, 6) is 1.24. The maximum absolute atomic E-state index is 12.3. The first kappa shape index (κ1) is 21.3. The molecule has 3 rings (SSSR count). The number of amides is 1. The molecular formula is C22H25NO7. The molecule has 1 amide bonds. The summed E-state index contributed by atoms with van der Waals surface area (Å²) in [5, 5.41) is 2.80. The van der Waals surface area contributed by atoms with Crippen LogP contribution in [0.1, 0.15) is 35.8 Å². The van der Waals surface area contributed by atoms with Gasteiger partial charge in [0.05, 0.1) is 25.3 Å². The standard InChI is InChI=1S/C22H25NO7/c1-4-27-17-8-6-16(12-19(17)26-3)22(25)30-13-21(24)23-14(2)15-5-7-18-20(11-15)29-10-9-28-18/h5-8,11-12,14H,4,9-10,13H2,1-3H3,(H,23,24). The summed E-state index contributed by atoms with van der Waals surface area (Å²) in [7, 11) is 1.49. The van der Waals surface area contributed by atoms with Gasteiger partial charge < -0.3 is 29.0 Å². The highest BCUT2D eigenvalue weighted by molar-refractivity contribution is 5.92. The van der Waals surface area contributed by atoms with Crippen molar-refractivity contribution >= 4 is 11.9 Å². The van der Waals surface area contributed by atoms with Gasteiger partial charge >= 0.3 is 5.97 Å². The molecule has 0 spiro atoms. The van der Waals surface area contributed by atoms with Crippen molar-refractivity contribution in [1.82, 2.24) is 5.32 Å². The largest absolute Gasteiger partial charge is 0.493 e. The molecule has 1 aliphatic heterocycles. The van der Waals surface area contributed by atoms with Gasteiger partial charge in [-0.3, -0.25) is 4.79 Å². The van der Waals surface area contributed by atoms with Gasteiger partial charge in [-0.1, -0.05) is 6.07 Å². The van der Waals surface area contributed by atoms with Crippen LogP contribution in [0.15, 0.2) is 36.4 Å². The number of hydrogen-bond acceptors (Lipinski definition) is 7. The van der Waals surface area contributed by atoms with Crippen LogP contribution in [-0.4, -0.2) is 45.4 Å². The number of carbonyl (C=O) groups excluding carboxylic acids is 2. The third kappa shape index (κ3) is 5.14. The van der Waals surface area contributed by atoms with Crippen LogP contribution in [-0.2, 0) is 9.53 Å². The smallest absolute Gasteiger partial charge is 0.338 e. The van der Waals surface area contributed by atoms with Crippen LogP contribution in [0.4, 0.5) is 0 Å². The highest BCUT2D eigenvalue weighted by Crippen LogP contribution is 2.32. The van der Waals surface area contributed by atoms with E-state index in [0.29, 0.717) is 42.8 Å². The second-order valence-corrected chi connectivity index (χ2v) is 6.57. The lowest BCUT2D eigenvalue weighted by Crippen LogP contribution is -2.31. The lowest BCUT2D eigenvalue weighted by atomic mass is 10.1. The fourth-order valence-corrected chi connectivity index (χ4v) is 2.98. The number of fused-ring (bicyclic) bond motifs is 1. The fourth-order valence-electron chi connectivity index (χ4n) is 2.98. The third-order valence-electron chi connectivity index (χ3n) is 4.48. The molecule has 1 unspecified atom stereocenters. The molecule has 1 atom stereocenters. The van der Waals surface area contributed by atoms with Gasteiger partial charge in [0.1, 0.15) is 13.2 Å². The molecule has 8 nitrogen and oxygen atoms in total. The maximum atomic E-state index is 12.3. The molecule has 0 radical (unpaired) electrons. The zero-order valence-corrected chi connectivity index (χ0v) is 17.2. The predicted molar refractivity (Wildman–Crippen MR) is 108 cm³/mol. The Morgan fingerprint density at radius 2 is 1.83 bits per heavy atom. The van der Waals surface area contributed by atoms with E-state index in [9.17, 15) is 9.59 Å². The Morgan fingerprint density at radius 3 is 2.57 bits per heavy atom. The quantitative estimate of drug-likeness (QED) is 0.663.